The molecule has 6 heteroatoms. The summed E-state index contributed by atoms with van der Waals surface area (Å²) in [5, 5.41) is 5.32. The van der Waals surface area contributed by atoms with Crippen LogP contribution in [0.4, 0.5) is 10.5 Å². The lowest BCUT2D eigenvalue weighted by Crippen LogP contribution is -2.38. The molecule has 1 aliphatic heterocycles. The number of fused-ring (bicyclic) bond motifs is 1. The predicted octanol–water partition coefficient (Wildman–Crippen LogP) is 4.00. The number of pyridine rings is 1. The van der Waals surface area contributed by atoms with Gasteiger partial charge in [-0.2, -0.15) is 0 Å². The summed E-state index contributed by atoms with van der Waals surface area (Å²) in [6.07, 6.45) is 0.916. The highest BCUT2D eigenvalue weighted by Crippen LogP contribution is 2.27. The van der Waals surface area contributed by atoms with Crippen LogP contribution in [0.5, 0.6) is 0 Å². The van der Waals surface area contributed by atoms with Gasteiger partial charge in [0.05, 0.1) is 5.69 Å². The number of amides is 2. The largest absolute Gasteiger partial charge is 0.322 e. The van der Waals surface area contributed by atoms with Gasteiger partial charge in [0.1, 0.15) is 0 Å². The molecule has 3 heterocycles. The molecule has 0 saturated carbocycles. The fraction of sp³-hybridized carbons (Fsp3) is 0.333. The lowest BCUT2D eigenvalue weighted by atomic mass is 10.1. The van der Waals surface area contributed by atoms with Crippen LogP contribution < -0.4 is 5.32 Å². The summed E-state index contributed by atoms with van der Waals surface area (Å²) in [7, 11) is 0. The summed E-state index contributed by atoms with van der Waals surface area (Å²) in [5.41, 5.74) is 3.61. The quantitative estimate of drug-likeness (QED) is 0.807. The molecule has 0 bridgehead atoms. The van der Waals surface area contributed by atoms with Crippen LogP contribution in [0, 0.1) is 13.8 Å². The third-order valence-electron chi connectivity index (χ3n) is 3.63. The minimum atomic E-state index is -0.123. The summed E-state index contributed by atoms with van der Waals surface area (Å²) in [5.74, 6) is 0. The Morgan fingerprint density at radius 1 is 1.48 bits per heavy atom. The number of aryl methyl sites for hydroxylation is 2. The standard InChI is InChI=1S/C15H16ClN3OS/c1-9-7-10(2)17-14(16)13(9)18-15(20)19-5-3-12-11(8-19)4-6-21-12/h4,6-7H,3,5,8H2,1-2H3,(H,18,20). The number of urea groups is 1. The van der Waals surface area contributed by atoms with Crippen LogP contribution in [-0.4, -0.2) is 22.5 Å². The zero-order valence-electron chi connectivity index (χ0n) is 11.9. The van der Waals surface area contributed by atoms with Crippen molar-refractivity contribution in [1.29, 1.82) is 0 Å². The van der Waals surface area contributed by atoms with E-state index in [0.29, 0.717) is 17.4 Å². The van der Waals surface area contributed by atoms with Gasteiger partial charge in [0.15, 0.2) is 5.15 Å². The molecule has 2 aromatic heterocycles. The van der Waals surface area contributed by atoms with Gasteiger partial charge in [0.2, 0.25) is 0 Å². The first-order valence-corrected chi connectivity index (χ1v) is 8.05. The zero-order valence-corrected chi connectivity index (χ0v) is 13.5. The minimum Gasteiger partial charge on any atom is -0.320 e. The lowest BCUT2D eigenvalue weighted by Gasteiger charge is -2.27. The van der Waals surface area contributed by atoms with E-state index in [9.17, 15) is 4.79 Å². The maximum atomic E-state index is 12.4. The second-order valence-corrected chi connectivity index (χ2v) is 6.58. The number of aromatic nitrogens is 1. The molecule has 110 valence electrons. The van der Waals surface area contributed by atoms with Crippen molar-refractivity contribution in [3.05, 3.63) is 44.4 Å². The Labute approximate surface area is 132 Å². The molecule has 3 rings (SSSR count). The van der Waals surface area contributed by atoms with Gasteiger partial charge in [-0.05, 0) is 48.9 Å². The molecule has 1 N–H and O–H groups in total. The minimum absolute atomic E-state index is 0.123. The molecular weight excluding hydrogens is 306 g/mol. The molecule has 2 aromatic rings. The van der Waals surface area contributed by atoms with Gasteiger partial charge in [-0.1, -0.05) is 11.6 Å². The maximum Gasteiger partial charge on any atom is 0.322 e. The second-order valence-electron chi connectivity index (χ2n) is 5.22. The molecule has 0 radical (unpaired) electrons. The molecule has 0 saturated heterocycles. The second kappa shape index (κ2) is 5.66. The van der Waals surface area contributed by atoms with Crippen LogP contribution >= 0.6 is 22.9 Å². The first-order valence-electron chi connectivity index (χ1n) is 6.79. The Morgan fingerprint density at radius 2 is 2.29 bits per heavy atom. The van der Waals surface area contributed by atoms with E-state index >= 15 is 0 Å². The Hall–Kier alpha value is -1.59. The van der Waals surface area contributed by atoms with E-state index in [4.69, 9.17) is 11.6 Å². The number of thiophene rings is 1. The van der Waals surface area contributed by atoms with Gasteiger partial charge in [-0.15, -0.1) is 11.3 Å². The topological polar surface area (TPSA) is 45.2 Å². The fourth-order valence-electron chi connectivity index (χ4n) is 2.55. The molecule has 0 spiro atoms. The molecule has 21 heavy (non-hydrogen) atoms. The summed E-state index contributed by atoms with van der Waals surface area (Å²) >= 11 is 7.90. The van der Waals surface area contributed by atoms with E-state index < -0.39 is 0 Å². The van der Waals surface area contributed by atoms with Crippen molar-refractivity contribution in [1.82, 2.24) is 9.88 Å². The van der Waals surface area contributed by atoms with Crippen LogP contribution in [0.2, 0.25) is 5.15 Å². The molecule has 0 aromatic carbocycles. The van der Waals surface area contributed by atoms with Gasteiger partial charge in [0.25, 0.3) is 0 Å². The fourth-order valence-corrected chi connectivity index (χ4v) is 3.77. The molecule has 0 fully saturated rings. The molecule has 0 aliphatic carbocycles. The average molecular weight is 322 g/mol. The Balaban J connectivity index is 1.76. The average Bonchev–Trinajstić information content (AvgIpc) is 2.89. The zero-order chi connectivity index (χ0) is 15.0. The molecular formula is C15H16ClN3OS. The highest BCUT2D eigenvalue weighted by molar-refractivity contribution is 7.10. The SMILES string of the molecule is Cc1cc(C)c(NC(=O)N2CCc3sccc3C2)c(Cl)n1. The van der Waals surface area contributed by atoms with E-state index in [2.05, 4.69) is 21.7 Å². The maximum absolute atomic E-state index is 12.4. The van der Waals surface area contributed by atoms with Crippen molar-refractivity contribution >= 4 is 34.7 Å². The normalized spacial score (nSPS) is 14.0. The summed E-state index contributed by atoms with van der Waals surface area (Å²) < 4.78 is 0. The number of hydrogen-bond donors (Lipinski definition) is 1. The van der Waals surface area contributed by atoms with Crippen molar-refractivity contribution in [2.45, 2.75) is 26.8 Å². The van der Waals surface area contributed by atoms with Crippen molar-refractivity contribution < 1.29 is 4.79 Å². The van der Waals surface area contributed by atoms with E-state index in [1.165, 1.54) is 10.4 Å². The lowest BCUT2D eigenvalue weighted by molar-refractivity contribution is 0.207. The Bertz CT molecular complexity index is 675. The highest BCUT2D eigenvalue weighted by atomic mass is 35.5. The van der Waals surface area contributed by atoms with Gasteiger partial charge in [-0.3, -0.25) is 0 Å². The van der Waals surface area contributed by atoms with Crippen molar-refractivity contribution in [2.75, 3.05) is 11.9 Å². The molecule has 4 nitrogen and oxygen atoms in total. The van der Waals surface area contributed by atoms with Gasteiger partial charge < -0.3 is 10.2 Å². The van der Waals surface area contributed by atoms with Crippen molar-refractivity contribution in [3.63, 3.8) is 0 Å². The Morgan fingerprint density at radius 3 is 3.05 bits per heavy atom. The third kappa shape index (κ3) is 2.89. The molecule has 2 amide bonds. The predicted molar refractivity (Wildman–Crippen MR) is 86.2 cm³/mol. The molecule has 0 unspecified atom stereocenters. The number of rotatable bonds is 1. The van der Waals surface area contributed by atoms with Crippen LogP contribution in [0.3, 0.4) is 0 Å². The number of halogens is 1. The van der Waals surface area contributed by atoms with E-state index in [0.717, 1.165) is 24.2 Å². The van der Waals surface area contributed by atoms with Crippen LogP contribution in [-0.2, 0) is 13.0 Å². The summed E-state index contributed by atoms with van der Waals surface area (Å²) in [4.78, 5) is 19.8. The number of carbonyl (C=O) groups is 1. The number of hydrogen-bond acceptors (Lipinski definition) is 3. The smallest absolute Gasteiger partial charge is 0.320 e. The van der Waals surface area contributed by atoms with E-state index in [1.807, 2.05) is 24.8 Å². The Kier molecular flexibility index (Phi) is 3.87. The van der Waals surface area contributed by atoms with E-state index in [-0.39, 0.29) is 6.03 Å². The number of nitrogens with zero attached hydrogens (tertiary/aromatic N) is 2. The number of carbonyl (C=O) groups excluding carboxylic acids is 1. The van der Waals surface area contributed by atoms with Crippen LogP contribution in [0.15, 0.2) is 17.5 Å². The first kappa shape index (κ1) is 14.4. The molecule has 0 atom stereocenters. The third-order valence-corrected chi connectivity index (χ3v) is 4.92. The molecule has 1 aliphatic rings. The monoisotopic (exact) mass is 321 g/mol. The number of nitrogens with one attached hydrogen (secondary N) is 1. The summed E-state index contributed by atoms with van der Waals surface area (Å²) in [6, 6.07) is 3.88. The van der Waals surface area contributed by atoms with Crippen LogP contribution in [0.25, 0.3) is 0 Å². The first-order chi connectivity index (χ1) is 10.0. The van der Waals surface area contributed by atoms with Crippen molar-refractivity contribution in [2.24, 2.45) is 0 Å². The van der Waals surface area contributed by atoms with Crippen molar-refractivity contribution in [3.8, 4) is 0 Å². The van der Waals surface area contributed by atoms with Gasteiger partial charge in [-0.25, -0.2) is 9.78 Å². The number of anilines is 1. The van der Waals surface area contributed by atoms with E-state index in [1.54, 1.807) is 11.3 Å². The highest BCUT2D eigenvalue weighted by Gasteiger charge is 2.22. The summed E-state index contributed by atoms with van der Waals surface area (Å²) in [6.45, 7) is 5.19. The van der Waals surface area contributed by atoms with Crippen LogP contribution in [0.1, 0.15) is 21.7 Å². The van der Waals surface area contributed by atoms with Gasteiger partial charge in [0, 0.05) is 23.7 Å². The van der Waals surface area contributed by atoms with Gasteiger partial charge >= 0.3 is 6.03 Å².